The summed E-state index contributed by atoms with van der Waals surface area (Å²) in [6.45, 7) is 9.06. The van der Waals surface area contributed by atoms with Crippen LogP contribution in [0.2, 0.25) is 0 Å². The van der Waals surface area contributed by atoms with E-state index in [1.54, 1.807) is 12.1 Å². The maximum Gasteiger partial charge on any atom is 0.123 e. The monoisotopic (exact) mass is 291 g/mol. The number of hydrogen-bond acceptors (Lipinski definition) is 1. The lowest BCUT2D eigenvalue weighted by Gasteiger charge is -2.38. The van der Waals surface area contributed by atoms with E-state index >= 15 is 0 Å². The van der Waals surface area contributed by atoms with Gasteiger partial charge in [0.05, 0.1) is 0 Å². The Hall–Kier alpha value is -0.890. The van der Waals surface area contributed by atoms with Gasteiger partial charge in [0.1, 0.15) is 5.82 Å². The van der Waals surface area contributed by atoms with Crippen LogP contribution in [-0.4, -0.2) is 13.1 Å². The molecule has 2 rings (SSSR count). The zero-order chi connectivity index (χ0) is 15.2. The van der Waals surface area contributed by atoms with Gasteiger partial charge in [-0.05, 0) is 80.1 Å². The van der Waals surface area contributed by atoms with E-state index in [-0.39, 0.29) is 5.82 Å². The molecule has 0 radical (unpaired) electrons. The molecule has 0 spiro atoms. The molecule has 3 unspecified atom stereocenters. The molecular weight excluding hydrogens is 261 g/mol. The van der Waals surface area contributed by atoms with E-state index < -0.39 is 0 Å². The highest BCUT2D eigenvalue weighted by molar-refractivity contribution is 5.17. The Morgan fingerprint density at radius 1 is 1.14 bits per heavy atom. The summed E-state index contributed by atoms with van der Waals surface area (Å²) in [6, 6.07) is 7.10. The first kappa shape index (κ1) is 16.5. The van der Waals surface area contributed by atoms with Crippen LogP contribution in [0.1, 0.15) is 45.6 Å². The normalized spacial score (nSPS) is 26.2. The molecule has 118 valence electrons. The Bertz CT molecular complexity index is 412. The lowest BCUT2D eigenvalue weighted by molar-refractivity contribution is 0.145. The fraction of sp³-hybridized carbons (Fsp3) is 0.684. The van der Waals surface area contributed by atoms with E-state index in [9.17, 15) is 4.39 Å². The van der Waals surface area contributed by atoms with E-state index in [2.05, 4.69) is 26.1 Å². The van der Waals surface area contributed by atoms with Crippen molar-refractivity contribution in [2.45, 2.75) is 46.5 Å². The van der Waals surface area contributed by atoms with E-state index in [4.69, 9.17) is 0 Å². The van der Waals surface area contributed by atoms with Crippen LogP contribution in [0.5, 0.6) is 0 Å². The highest BCUT2D eigenvalue weighted by atomic mass is 19.1. The summed E-state index contributed by atoms with van der Waals surface area (Å²) in [5.74, 6) is 3.00. The van der Waals surface area contributed by atoms with Crippen molar-refractivity contribution in [3.8, 4) is 0 Å². The third-order valence-corrected chi connectivity index (χ3v) is 5.19. The summed E-state index contributed by atoms with van der Waals surface area (Å²) in [6.07, 6.45) is 5.13. The van der Waals surface area contributed by atoms with Crippen LogP contribution < -0.4 is 5.32 Å². The SMILES string of the molecule is CCNCC1CCC(C(C)C)CC1Cc1ccc(F)cc1. The van der Waals surface area contributed by atoms with Crippen LogP contribution in [-0.2, 0) is 6.42 Å². The molecule has 1 N–H and O–H groups in total. The van der Waals surface area contributed by atoms with E-state index in [0.29, 0.717) is 0 Å². The van der Waals surface area contributed by atoms with Crippen molar-refractivity contribution in [1.29, 1.82) is 0 Å². The van der Waals surface area contributed by atoms with Gasteiger partial charge in [-0.15, -0.1) is 0 Å². The molecule has 1 aliphatic carbocycles. The summed E-state index contributed by atoms with van der Waals surface area (Å²) >= 11 is 0. The van der Waals surface area contributed by atoms with Crippen LogP contribution >= 0.6 is 0 Å². The van der Waals surface area contributed by atoms with Gasteiger partial charge in [-0.3, -0.25) is 0 Å². The van der Waals surface area contributed by atoms with Crippen molar-refractivity contribution in [1.82, 2.24) is 5.32 Å². The number of benzene rings is 1. The summed E-state index contributed by atoms with van der Waals surface area (Å²) in [5, 5.41) is 3.53. The van der Waals surface area contributed by atoms with Crippen LogP contribution in [0, 0.1) is 29.5 Å². The Kier molecular flexibility index (Phi) is 6.22. The highest BCUT2D eigenvalue weighted by Crippen LogP contribution is 2.39. The van der Waals surface area contributed by atoms with Gasteiger partial charge in [0.25, 0.3) is 0 Å². The molecule has 0 amide bonds. The summed E-state index contributed by atoms with van der Waals surface area (Å²) in [5.41, 5.74) is 1.28. The van der Waals surface area contributed by atoms with Gasteiger partial charge in [0, 0.05) is 0 Å². The minimum atomic E-state index is -0.133. The quantitative estimate of drug-likeness (QED) is 0.803. The minimum absolute atomic E-state index is 0.133. The maximum absolute atomic E-state index is 13.1. The van der Waals surface area contributed by atoms with Gasteiger partial charge in [0.15, 0.2) is 0 Å². The zero-order valence-corrected chi connectivity index (χ0v) is 13.7. The van der Waals surface area contributed by atoms with Crippen molar-refractivity contribution in [3.63, 3.8) is 0 Å². The van der Waals surface area contributed by atoms with Gasteiger partial charge >= 0.3 is 0 Å². The molecule has 3 atom stereocenters. The molecule has 2 heteroatoms. The minimum Gasteiger partial charge on any atom is -0.317 e. The predicted molar refractivity (Wildman–Crippen MR) is 87.8 cm³/mol. The lowest BCUT2D eigenvalue weighted by Crippen LogP contribution is -2.35. The largest absolute Gasteiger partial charge is 0.317 e. The van der Waals surface area contributed by atoms with Gasteiger partial charge in [0.2, 0.25) is 0 Å². The Morgan fingerprint density at radius 2 is 1.86 bits per heavy atom. The van der Waals surface area contributed by atoms with Gasteiger partial charge in [-0.1, -0.05) is 32.9 Å². The number of halogens is 1. The van der Waals surface area contributed by atoms with Crippen molar-refractivity contribution >= 4 is 0 Å². The molecule has 1 aromatic carbocycles. The predicted octanol–water partition coefficient (Wildman–Crippen LogP) is 4.67. The third kappa shape index (κ3) is 4.81. The molecule has 0 saturated heterocycles. The van der Waals surface area contributed by atoms with Crippen molar-refractivity contribution in [2.75, 3.05) is 13.1 Å². The van der Waals surface area contributed by atoms with E-state index in [0.717, 1.165) is 43.2 Å². The number of rotatable bonds is 6. The second kappa shape index (κ2) is 7.93. The number of hydrogen-bond donors (Lipinski definition) is 1. The van der Waals surface area contributed by atoms with Gasteiger partial charge in [-0.25, -0.2) is 4.39 Å². The Balaban J connectivity index is 2.03. The molecule has 1 nitrogen and oxygen atoms in total. The van der Waals surface area contributed by atoms with Crippen LogP contribution in [0.4, 0.5) is 4.39 Å². The van der Waals surface area contributed by atoms with Crippen molar-refractivity contribution in [2.24, 2.45) is 23.7 Å². The molecule has 1 aliphatic rings. The highest BCUT2D eigenvalue weighted by Gasteiger charge is 2.31. The maximum atomic E-state index is 13.1. The fourth-order valence-electron chi connectivity index (χ4n) is 3.74. The first-order valence-electron chi connectivity index (χ1n) is 8.55. The zero-order valence-electron chi connectivity index (χ0n) is 13.7. The molecule has 0 heterocycles. The summed E-state index contributed by atoms with van der Waals surface area (Å²) in [4.78, 5) is 0. The summed E-state index contributed by atoms with van der Waals surface area (Å²) in [7, 11) is 0. The molecule has 0 aliphatic heterocycles. The lowest BCUT2D eigenvalue weighted by atomic mass is 9.68. The molecule has 1 fully saturated rings. The molecule has 1 saturated carbocycles. The first-order chi connectivity index (χ1) is 10.1. The molecule has 0 aromatic heterocycles. The van der Waals surface area contributed by atoms with Crippen molar-refractivity contribution in [3.05, 3.63) is 35.6 Å². The Labute approximate surface area is 129 Å². The van der Waals surface area contributed by atoms with Crippen LogP contribution in [0.3, 0.4) is 0 Å². The summed E-state index contributed by atoms with van der Waals surface area (Å²) < 4.78 is 13.1. The van der Waals surface area contributed by atoms with Gasteiger partial charge < -0.3 is 5.32 Å². The smallest absolute Gasteiger partial charge is 0.123 e. The van der Waals surface area contributed by atoms with Crippen LogP contribution in [0.25, 0.3) is 0 Å². The average molecular weight is 291 g/mol. The first-order valence-corrected chi connectivity index (χ1v) is 8.55. The second-order valence-corrected chi connectivity index (χ2v) is 6.98. The fourth-order valence-corrected chi connectivity index (χ4v) is 3.74. The molecule has 21 heavy (non-hydrogen) atoms. The second-order valence-electron chi connectivity index (χ2n) is 6.98. The average Bonchev–Trinajstić information content (AvgIpc) is 2.48. The Morgan fingerprint density at radius 3 is 2.48 bits per heavy atom. The molecule has 0 bridgehead atoms. The standard InChI is InChI=1S/C19H30FN/c1-4-21-13-17-8-7-16(14(2)3)12-18(17)11-15-5-9-19(20)10-6-15/h5-6,9-10,14,16-18,21H,4,7-8,11-13H2,1-3H3. The number of nitrogens with one attached hydrogen (secondary N) is 1. The molecular formula is C19H30FN. The van der Waals surface area contributed by atoms with E-state index in [1.807, 2.05) is 12.1 Å². The van der Waals surface area contributed by atoms with Crippen molar-refractivity contribution < 1.29 is 4.39 Å². The molecule has 1 aromatic rings. The topological polar surface area (TPSA) is 12.0 Å². The van der Waals surface area contributed by atoms with Gasteiger partial charge in [-0.2, -0.15) is 0 Å². The van der Waals surface area contributed by atoms with E-state index in [1.165, 1.54) is 24.8 Å². The third-order valence-electron chi connectivity index (χ3n) is 5.19. The van der Waals surface area contributed by atoms with Crippen LogP contribution in [0.15, 0.2) is 24.3 Å².